The molecular formula is C35H30ClN3O4S. The van der Waals surface area contributed by atoms with Gasteiger partial charge in [0.05, 0.1) is 34.1 Å². The van der Waals surface area contributed by atoms with E-state index in [9.17, 15) is 9.90 Å². The molecule has 0 saturated carbocycles. The summed E-state index contributed by atoms with van der Waals surface area (Å²) >= 11 is 7.75. The lowest BCUT2D eigenvalue weighted by Crippen LogP contribution is -2.28. The largest absolute Gasteiger partial charge is 0.481 e. The van der Waals surface area contributed by atoms with Crippen molar-refractivity contribution >= 4 is 50.0 Å². The number of halogens is 1. The van der Waals surface area contributed by atoms with E-state index in [1.165, 1.54) is 11.3 Å². The van der Waals surface area contributed by atoms with E-state index in [4.69, 9.17) is 26.1 Å². The van der Waals surface area contributed by atoms with Gasteiger partial charge in [-0.1, -0.05) is 35.9 Å². The summed E-state index contributed by atoms with van der Waals surface area (Å²) < 4.78 is 12.3. The smallest absolute Gasteiger partial charge is 0.337 e. The second-order valence-electron chi connectivity index (χ2n) is 11.5. The van der Waals surface area contributed by atoms with Gasteiger partial charge in [0.2, 0.25) is 5.88 Å². The SMILES string of the molecule is COc1ccc2ccc(-c3cc(-c4nc5cc(C)c([C@H](OC(C)(C)C)C(=O)O)c(-c6ccc(Cl)cc6)c5s4)ccn3)cc2n1. The second kappa shape index (κ2) is 11.6. The molecular weight excluding hydrogens is 594 g/mol. The van der Waals surface area contributed by atoms with Crippen LogP contribution in [0.15, 0.2) is 79.0 Å². The number of carboxylic acids is 1. The average molecular weight is 624 g/mol. The minimum Gasteiger partial charge on any atom is -0.481 e. The van der Waals surface area contributed by atoms with Crippen LogP contribution in [0.4, 0.5) is 0 Å². The molecule has 6 aromatic rings. The van der Waals surface area contributed by atoms with Gasteiger partial charge in [0.25, 0.3) is 0 Å². The van der Waals surface area contributed by atoms with Crippen LogP contribution in [-0.4, -0.2) is 38.7 Å². The number of aryl methyl sites for hydroxylation is 1. The number of hydrogen-bond acceptors (Lipinski definition) is 7. The molecule has 0 saturated heterocycles. The number of carbonyl (C=O) groups is 1. The summed E-state index contributed by atoms with van der Waals surface area (Å²) in [4.78, 5) is 26.9. The molecule has 0 fully saturated rings. The third-order valence-electron chi connectivity index (χ3n) is 7.20. The highest BCUT2D eigenvalue weighted by molar-refractivity contribution is 7.22. The lowest BCUT2D eigenvalue weighted by Gasteiger charge is -2.28. The van der Waals surface area contributed by atoms with Gasteiger partial charge in [-0.2, -0.15) is 0 Å². The molecule has 7 nitrogen and oxygen atoms in total. The minimum absolute atomic E-state index is 0.551. The quantitative estimate of drug-likeness (QED) is 0.189. The van der Waals surface area contributed by atoms with E-state index in [2.05, 4.69) is 9.97 Å². The van der Waals surface area contributed by atoms with Crippen molar-refractivity contribution in [3.63, 3.8) is 0 Å². The molecule has 3 aromatic carbocycles. The zero-order chi connectivity index (χ0) is 31.2. The first-order chi connectivity index (χ1) is 21.0. The lowest BCUT2D eigenvalue weighted by molar-refractivity contribution is -0.160. The number of aromatic nitrogens is 3. The van der Waals surface area contributed by atoms with Crippen molar-refractivity contribution in [2.75, 3.05) is 7.11 Å². The first kappa shape index (κ1) is 29.7. The van der Waals surface area contributed by atoms with Gasteiger partial charge in [0.15, 0.2) is 6.10 Å². The maximum absolute atomic E-state index is 12.6. The number of aliphatic carboxylic acids is 1. The zero-order valence-electron chi connectivity index (χ0n) is 24.9. The molecule has 0 bridgehead atoms. The molecule has 6 rings (SSSR count). The third kappa shape index (κ3) is 5.88. The summed E-state index contributed by atoms with van der Waals surface area (Å²) in [6.07, 6.45) is 0.595. The first-order valence-corrected chi connectivity index (χ1v) is 15.2. The number of methoxy groups -OCH3 is 1. The average Bonchev–Trinajstić information content (AvgIpc) is 3.42. The van der Waals surface area contributed by atoms with E-state index >= 15 is 0 Å². The summed E-state index contributed by atoms with van der Waals surface area (Å²) in [6.45, 7) is 7.47. The molecule has 44 heavy (non-hydrogen) atoms. The standard InChI is InChI=1S/C35H30ClN3O4S/c1-19-16-27-32(30(21-8-11-24(36)12-9-21)29(19)31(34(40)41)43-35(2,3)4)44-33(39-27)23-14-15-37-25(18-23)22-7-6-20-10-13-28(42-5)38-26(20)17-22/h6-18,31H,1-5H3,(H,40,41)/t31-/m0/s1. The maximum Gasteiger partial charge on any atom is 0.337 e. The highest BCUT2D eigenvalue weighted by Gasteiger charge is 2.32. The third-order valence-corrected chi connectivity index (χ3v) is 8.59. The van der Waals surface area contributed by atoms with E-state index in [1.54, 1.807) is 25.4 Å². The van der Waals surface area contributed by atoms with Gasteiger partial charge in [0, 0.05) is 44.9 Å². The Labute approximate surface area is 264 Å². The maximum atomic E-state index is 12.6. The zero-order valence-corrected chi connectivity index (χ0v) is 26.5. The van der Waals surface area contributed by atoms with Crippen LogP contribution in [0, 0.1) is 6.92 Å². The molecule has 3 aromatic heterocycles. The van der Waals surface area contributed by atoms with Crippen LogP contribution in [0.25, 0.3) is 54.1 Å². The fraction of sp³-hybridized carbons (Fsp3) is 0.200. The van der Waals surface area contributed by atoms with Crippen molar-refractivity contribution in [2.24, 2.45) is 0 Å². The van der Waals surface area contributed by atoms with Crippen molar-refractivity contribution in [1.82, 2.24) is 15.0 Å². The van der Waals surface area contributed by atoms with Gasteiger partial charge in [-0.25, -0.2) is 14.8 Å². The van der Waals surface area contributed by atoms with E-state index in [-0.39, 0.29) is 0 Å². The molecule has 0 aliphatic heterocycles. The number of thiazole rings is 1. The molecule has 1 N–H and O–H groups in total. The van der Waals surface area contributed by atoms with E-state index < -0.39 is 17.7 Å². The Morgan fingerprint density at radius 1 is 0.909 bits per heavy atom. The number of fused-ring (bicyclic) bond motifs is 2. The van der Waals surface area contributed by atoms with Gasteiger partial charge in [-0.15, -0.1) is 11.3 Å². The van der Waals surface area contributed by atoms with Crippen LogP contribution in [0.5, 0.6) is 5.88 Å². The predicted octanol–water partition coefficient (Wildman–Crippen LogP) is 9.15. The normalized spacial score (nSPS) is 12.5. The Bertz CT molecular complexity index is 2030. The predicted molar refractivity (Wildman–Crippen MR) is 177 cm³/mol. The molecule has 9 heteroatoms. The van der Waals surface area contributed by atoms with Crippen LogP contribution in [-0.2, 0) is 9.53 Å². The van der Waals surface area contributed by atoms with Gasteiger partial charge in [-0.05, 0) is 81.3 Å². The molecule has 0 unspecified atom stereocenters. The highest BCUT2D eigenvalue weighted by atomic mass is 35.5. The molecule has 3 heterocycles. The van der Waals surface area contributed by atoms with Gasteiger partial charge < -0.3 is 14.6 Å². The van der Waals surface area contributed by atoms with Crippen molar-refractivity contribution < 1.29 is 19.4 Å². The summed E-state index contributed by atoms with van der Waals surface area (Å²) in [6, 6.07) is 23.2. The molecule has 0 radical (unpaired) electrons. The van der Waals surface area contributed by atoms with Gasteiger partial charge in [0.1, 0.15) is 5.01 Å². The Kier molecular flexibility index (Phi) is 7.84. The number of nitrogens with zero attached hydrogens (tertiary/aromatic N) is 3. The number of rotatable bonds is 7. The Morgan fingerprint density at radius 3 is 2.34 bits per heavy atom. The van der Waals surface area contributed by atoms with Gasteiger partial charge in [-0.3, -0.25) is 4.98 Å². The number of carboxylic acid groups (broad SMARTS) is 1. The molecule has 0 amide bonds. The Balaban J connectivity index is 1.51. The molecule has 222 valence electrons. The topological polar surface area (TPSA) is 94.4 Å². The van der Waals surface area contributed by atoms with Gasteiger partial charge >= 0.3 is 5.97 Å². The summed E-state index contributed by atoms with van der Waals surface area (Å²) in [5, 5.41) is 12.7. The number of ether oxygens (including phenoxy) is 2. The number of pyridine rings is 2. The van der Waals surface area contributed by atoms with Crippen molar-refractivity contribution in [1.29, 1.82) is 0 Å². The van der Waals surface area contributed by atoms with Crippen LogP contribution in [0.3, 0.4) is 0 Å². The van der Waals surface area contributed by atoms with Crippen LogP contribution in [0.1, 0.15) is 38.0 Å². The summed E-state index contributed by atoms with van der Waals surface area (Å²) in [5.74, 6) is -0.501. The van der Waals surface area contributed by atoms with Crippen molar-refractivity contribution in [2.45, 2.75) is 39.4 Å². The highest BCUT2D eigenvalue weighted by Crippen LogP contribution is 2.44. The fourth-order valence-electron chi connectivity index (χ4n) is 5.25. The van der Waals surface area contributed by atoms with E-state index in [1.807, 2.05) is 88.4 Å². The van der Waals surface area contributed by atoms with E-state index in [0.717, 1.165) is 59.6 Å². The number of benzene rings is 3. The first-order valence-electron chi connectivity index (χ1n) is 14.0. The number of hydrogen-bond donors (Lipinski definition) is 1. The lowest BCUT2D eigenvalue weighted by atomic mass is 9.91. The Morgan fingerprint density at radius 2 is 1.64 bits per heavy atom. The van der Waals surface area contributed by atoms with Crippen LogP contribution >= 0.6 is 22.9 Å². The monoisotopic (exact) mass is 623 g/mol. The fourth-order valence-corrected chi connectivity index (χ4v) is 6.50. The molecule has 0 aliphatic rings. The molecule has 0 spiro atoms. The second-order valence-corrected chi connectivity index (χ2v) is 12.9. The van der Waals surface area contributed by atoms with E-state index in [0.29, 0.717) is 16.5 Å². The van der Waals surface area contributed by atoms with Crippen molar-refractivity contribution in [3.8, 4) is 38.8 Å². The van der Waals surface area contributed by atoms with Crippen LogP contribution in [0.2, 0.25) is 5.02 Å². The summed E-state index contributed by atoms with van der Waals surface area (Å²) in [7, 11) is 1.60. The van der Waals surface area contributed by atoms with Crippen molar-refractivity contribution in [3.05, 3.63) is 95.1 Å². The summed E-state index contributed by atoms with van der Waals surface area (Å²) in [5.41, 5.74) is 6.52. The Hall–Kier alpha value is -4.37. The molecule has 1 atom stereocenters. The molecule has 0 aliphatic carbocycles. The minimum atomic E-state index is -1.18. The van der Waals surface area contributed by atoms with Crippen LogP contribution < -0.4 is 4.74 Å².